The quantitative estimate of drug-likeness (QED) is 0.913. The zero-order valence-electron chi connectivity index (χ0n) is 11.3. The van der Waals surface area contributed by atoms with Crippen molar-refractivity contribution in [1.82, 2.24) is 4.98 Å². The van der Waals surface area contributed by atoms with E-state index in [1.54, 1.807) is 25.6 Å². The molecule has 0 saturated heterocycles. The summed E-state index contributed by atoms with van der Waals surface area (Å²) in [5.41, 5.74) is 7.75. The van der Waals surface area contributed by atoms with Crippen LogP contribution in [0.15, 0.2) is 23.6 Å². The lowest BCUT2D eigenvalue weighted by Crippen LogP contribution is -2.17. The van der Waals surface area contributed by atoms with Gasteiger partial charge >= 0.3 is 0 Å². The third-order valence-corrected chi connectivity index (χ3v) is 3.64. The number of hydrogen-bond donors (Lipinski definition) is 1. The monoisotopic (exact) mass is 278 g/mol. The number of methoxy groups -OCH3 is 2. The van der Waals surface area contributed by atoms with E-state index >= 15 is 0 Å². The summed E-state index contributed by atoms with van der Waals surface area (Å²) < 4.78 is 10.6. The Morgan fingerprint density at radius 3 is 2.74 bits per heavy atom. The van der Waals surface area contributed by atoms with Crippen LogP contribution in [0.3, 0.4) is 0 Å². The molecule has 0 aliphatic rings. The second kappa shape index (κ2) is 6.04. The number of rotatable bonds is 5. The Morgan fingerprint density at radius 2 is 2.11 bits per heavy atom. The highest BCUT2D eigenvalue weighted by Crippen LogP contribution is 2.35. The minimum Gasteiger partial charge on any atom is -0.497 e. The molecule has 1 atom stereocenters. The van der Waals surface area contributed by atoms with Crippen molar-refractivity contribution >= 4 is 11.3 Å². The zero-order valence-corrected chi connectivity index (χ0v) is 12.2. The van der Waals surface area contributed by atoms with Crippen molar-refractivity contribution in [3.05, 3.63) is 29.3 Å². The number of thiazole rings is 1. The predicted molar refractivity (Wildman–Crippen MR) is 78.0 cm³/mol. The standard InChI is InChI=1S/C14H18N2O2S/c1-9(15)6-10-8-19-14(16-10)12-7-11(17-2)4-5-13(12)18-3/h4-5,7-9H,6,15H2,1-3H3. The fourth-order valence-corrected chi connectivity index (χ4v) is 2.69. The van der Waals surface area contributed by atoms with Crippen molar-refractivity contribution < 1.29 is 9.47 Å². The van der Waals surface area contributed by atoms with Crippen LogP contribution >= 0.6 is 11.3 Å². The summed E-state index contributed by atoms with van der Waals surface area (Å²) in [7, 11) is 3.30. The van der Waals surface area contributed by atoms with E-state index in [-0.39, 0.29) is 6.04 Å². The molecule has 5 heteroatoms. The smallest absolute Gasteiger partial charge is 0.129 e. The fourth-order valence-electron chi connectivity index (χ4n) is 1.84. The van der Waals surface area contributed by atoms with E-state index in [1.165, 1.54) is 0 Å². The maximum Gasteiger partial charge on any atom is 0.129 e. The molecule has 1 heterocycles. The van der Waals surface area contributed by atoms with Crippen LogP contribution in [0.2, 0.25) is 0 Å². The molecule has 0 fully saturated rings. The molecule has 1 aromatic heterocycles. The highest BCUT2D eigenvalue weighted by molar-refractivity contribution is 7.13. The molecular formula is C14H18N2O2S. The molecule has 0 spiro atoms. The maximum absolute atomic E-state index is 5.79. The van der Waals surface area contributed by atoms with Gasteiger partial charge in [0.1, 0.15) is 16.5 Å². The van der Waals surface area contributed by atoms with Crippen molar-refractivity contribution in [1.29, 1.82) is 0 Å². The van der Waals surface area contributed by atoms with E-state index in [1.807, 2.05) is 30.5 Å². The molecule has 2 aromatic rings. The Balaban J connectivity index is 2.36. The molecule has 0 aliphatic heterocycles. The van der Waals surface area contributed by atoms with Crippen molar-refractivity contribution in [3.63, 3.8) is 0 Å². The minimum atomic E-state index is 0.113. The molecule has 4 nitrogen and oxygen atoms in total. The van der Waals surface area contributed by atoms with Gasteiger partial charge in [0.2, 0.25) is 0 Å². The second-order valence-corrected chi connectivity index (χ2v) is 5.25. The molecule has 0 amide bonds. The van der Waals surface area contributed by atoms with E-state index < -0.39 is 0 Å². The number of aromatic nitrogens is 1. The predicted octanol–water partition coefficient (Wildman–Crippen LogP) is 2.72. The van der Waals surface area contributed by atoms with Gasteiger partial charge in [-0.25, -0.2) is 4.98 Å². The van der Waals surface area contributed by atoms with Gasteiger partial charge in [0.05, 0.1) is 25.5 Å². The highest BCUT2D eigenvalue weighted by Gasteiger charge is 2.12. The van der Waals surface area contributed by atoms with Gasteiger partial charge in [0, 0.05) is 17.8 Å². The lowest BCUT2D eigenvalue weighted by molar-refractivity contribution is 0.404. The van der Waals surface area contributed by atoms with Gasteiger partial charge in [0.15, 0.2) is 0 Å². The molecule has 2 N–H and O–H groups in total. The summed E-state index contributed by atoms with van der Waals surface area (Å²) in [6.07, 6.45) is 0.781. The van der Waals surface area contributed by atoms with E-state index in [0.29, 0.717) is 0 Å². The average molecular weight is 278 g/mol. The summed E-state index contributed by atoms with van der Waals surface area (Å²) in [6.45, 7) is 1.98. The first-order chi connectivity index (χ1) is 9.13. The first-order valence-electron chi connectivity index (χ1n) is 6.06. The zero-order chi connectivity index (χ0) is 13.8. The van der Waals surface area contributed by atoms with Crippen LogP contribution in [0.1, 0.15) is 12.6 Å². The molecule has 0 radical (unpaired) electrons. The Bertz CT molecular complexity index is 552. The molecule has 102 valence electrons. The van der Waals surface area contributed by atoms with Gasteiger partial charge < -0.3 is 15.2 Å². The molecule has 0 saturated carbocycles. The van der Waals surface area contributed by atoms with Crippen LogP contribution < -0.4 is 15.2 Å². The minimum absolute atomic E-state index is 0.113. The van der Waals surface area contributed by atoms with Crippen LogP contribution in [0.5, 0.6) is 11.5 Å². The summed E-state index contributed by atoms with van der Waals surface area (Å²) >= 11 is 1.59. The van der Waals surface area contributed by atoms with Gasteiger partial charge in [-0.05, 0) is 25.1 Å². The number of nitrogens with zero attached hydrogens (tertiary/aromatic N) is 1. The van der Waals surface area contributed by atoms with Gasteiger partial charge in [-0.2, -0.15) is 0 Å². The van der Waals surface area contributed by atoms with E-state index in [2.05, 4.69) is 4.98 Å². The van der Waals surface area contributed by atoms with Gasteiger partial charge in [-0.1, -0.05) is 0 Å². The summed E-state index contributed by atoms with van der Waals surface area (Å²) in [5.74, 6) is 1.59. The maximum atomic E-state index is 5.79. The van der Waals surface area contributed by atoms with Crippen LogP contribution in [-0.2, 0) is 6.42 Å². The Kier molecular flexibility index (Phi) is 4.39. The summed E-state index contributed by atoms with van der Waals surface area (Å²) in [6, 6.07) is 5.81. The largest absolute Gasteiger partial charge is 0.497 e. The number of hydrogen-bond acceptors (Lipinski definition) is 5. The van der Waals surface area contributed by atoms with Crippen LogP contribution in [0.4, 0.5) is 0 Å². The molecule has 0 aliphatic carbocycles. The first kappa shape index (κ1) is 13.8. The number of benzene rings is 1. The molecule has 1 aromatic carbocycles. The lowest BCUT2D eigenvalue weighted by atomic mass is 10.2. The van der Waals surface area contributed by atoms with Crippen LogP contribution in [0, 0.1) is 0 Å². The van der Waals surface area contributed by atoms with Gasteiger partial charge in [-0.15, -0.1) is 11.3 Å². The molecular weight excluding hydrogens is 260 g/mol. The Morgan fingerprint density at radius 1 is 1.32 bits per heavy atom. The third kappa shape index (κ3) is 3.24. The average Bonchev–Trinajstić information content (AvgIpc) is 2.85. The normalized spacial score (nSPS) is 12.2. The molecule has 1 unspecified atom stereocenters. The fraction of sp³-hybridized carbons (Fsp3) is 0.357. The van der Waals surface area contributed by atoms with Gasteiger partial charge in [0.25, 0.3) is 0 Å². The molecule has 2 rings (SSSR count). The SMILES string of the molecule is COc1ccc(OC)c(-c2nc(CC(C)N)cs2)c1. The third-order valence-electron chi connectivity index (χ3n) is 2.72. The van der Waals surface area contributed by atoms with E-state index in [4.69, 9.17) is 15.2 Å². The Hall–Kier alpha value is -1.59. The topological polar surface area (TPSA) is 57.4 Å². The molecule has 0 bridgehead atoms. The number of nitrogens with two attached hydrogens (primary N) is 1. The van der Waals surface area contributed by atoms with Crippen molar-refractivity contribution in [3.8, 4) is 22.1 Å². The summed E-state index contributed by atoms with van der Waals surface area (Å²) in [4.78, 5) is 4.61. The van der Waals surface area contributed by atoms with E-state index in [9.17, 15) is 0 Å². The van der Waals surface area contributed by atoms with Crippen molar-refractivity contribution in [2.75, 3.05) is 14.2 Å². The Labute approximate surface area is 117 Å². The van der Waals surface area contributed by atoms with Gasteiger partial charge in [-0.3, -0.25) is 0 Å². The summed E-state index contributed by atoms with van der Waals surface area (Å²) in [5, 5.41) is 2.96. The number of ether oxygens (including phenoxy) is 2. The van der Waals surface area contributed by atoms with Crippen LogP contribution in [-0.4, -0.2) is 25.2 Å². The van der Waals surface area contributed by atoms with Crippen molar-refractivity contribution in [2.24, 2.45) is 5.73 Å². The lowest BCUT2D eigenvalue weighted by Gasteiger charge is -2.08. The van der Waals surface area contributed by atoms with Crippen molar-refractivity contribution in [2.45, 2.75) is 19.4 Å². The molecule has 19 heavy (non-hydrogen) atoms. The highest BCUT2D eigenvalue weighted by atomic mass is 32.1. The van der Waals surface area contributed by atoms with E-state index in [0.717, 1.165) is 34.2 Å². The first-order valence-corrected chi connectivity index (χ1v) is 6.94. The van der Waals surface area contributed by atoms with Crippen LogP contribution in [0.25, 0.3) is 10.6 Å². The second-order valence-electron chi connectivity index (χ2n) is 4.39.